The smallest absolute Gasteiger partial charge is 0.244 e. The molecule has 124 valence electrons. The maximum atomic E-state index is 12.9. The molecule has 0 heterocycles. The van der Waals surface area contributed by atoms with Gasteiger partial charge in [0.1, 0.15) is 5.82 Å². The van der Waals surface area contributed by atoms with Crippen LogP contribution < -0.4 is 5.32 Å². The molecule has 0 saturated heterocycles. The van der Waals surface area contributed by atoms with Gasteiger partial charge in [-0.3, -0.25) is 4.79 Å². The van der Waals surface area contributed by atoms with Gasteiger partial charge in [-0.1, -0.05) is 30.3 Å². The molecule has 0 saturated carbocycles. The van der Waals surface area contributed by atoms with Crippen LogP contribution in [0.25, 0.3) is 6.08 Å². The Balaban J connectivity index is 1.62. The van der Waals surface area contributed by atoms with Gasteiger partial charge in [0.05, 0.1) is 6.04 Å². The monoisotopic (exact) mass is 323 g/mol. The molecule has 0 unspecified atom stereocenters. The molecule has 0 bridgehead atoms. The van der Waals surface area contributed by atoms with Crippen LogP contribution in [0.3, 0.4) is 0 Å². The summed E-state index contributed by atoms with van der Waals surface area (Å²) in [6.07, 6.45) is 7.99. The summed E-state index contributed by atoms with van der Waals surface area (Å²) in [6.45, 7) is 1.99. The summed E-state index contributed by atoms with van der Waals surface area (Å²) in [6, 6.07) is 12.5. The van der Waals surface area contributed by atoms with E-state index in [1.165, 1.54) is 42.2 Å². The van der Waals surface area contributed by atoms with E-state index in [-0.39, 0.29) is 17.8 Å². The predicted octanol–water partition coefficient (Wildman–Crippen LogP) is 4.60. The molecule has 2 aromatic rings. The molecular weight excluding hydrogens is 301 g/mol. The minimum absolute atomic E-state index is 0.0393. The lowest BCUT2D eigenvalue weighted by molar-refractivity contribution is -0.117. The zero-order chi connectivity index (χ0) is 16.9. The first-order valence-electron chi connectivity index (χ1n) is 8.47. The average molecular weight is 323 g/mol. The third-order valence-electron chi connectivity index (χ3n) is 4.53. The minimum atomic E-state index is -0.280. The van der Waals surface area contributed by atoms with Crippen molar-refractivity contribution >= 4 is 12.0 Å². The number of amides is 1. The summed E-state index contributed by atoms with van der Waals surface area (Å²) in [5, 5.41) is 2.98. The SMILES string of the molecule is C[C@H](NC(=O)/C=C/c1ccc(F)cc1)c1ccc2c(c1)CCCC2. The number of fused-ring (bicyclic) bond motifs is 1. The molecule has 0 aromatic heterocycles. The number of benzene rings is 2. The normalized spacial score (nSPS) is 15.1. The fraction of sp³-hybridized carbons (Fsp3) is 0.286. The standard InChI is InChI=1S/C21H22FNO/c1-15(18-10-9-17-4-2-3-5-19(17)14-18)23-21(24)13-8-16-6-11-20(22)12-7-16/h6-15H,2-5H2,1H3,(H,23,24)/b13-8+/t15-/m0/s1. The van der Waals surface area contributed by atoms with Crippen molar-refractivity contribution in [2.45, 2.75) is 38.6 Å². The molecule has 0 radical (unpaired) electrons. The molecule has 1 N–H and O–H groups in total. The van der Waals surface area contributed by atoms with Gasteiger partial charge in [0.2, 0.25) is 5.91 Å². The van der Waals surface area contributed by atoms with Gasteiger partial charge in [-0.05, 0) is 73.1 Å². The van der Waals surface area contributed by atoms with Gasteiger partial charge >= 0.3 is 0 Å². The van der Waals surface area contributed by atoms with Crippen LogP contribution in [-0.2, 0) is 17.6 Å². The third kappa shape index (κ3) is 4.10. The number of halogens is 1. The van der Waals surface area contributed by atoms with Crippen LogP contribution >= 0.6 is 0 Å². The largest absolute Gasteiger partial charge is 0.346 e. The third-order valence-corrected chi connectivity index (χ3v) is 4.53. The highest BCUT2D eigenvalue weighted by Crippen LogP contribution is 2.24. The predicted molar refractivity (Wildman–Crippen MR) is 95.1 cm³/mol. The zero-order valence-electron chi connectivity index (χ0n) is 13.9. The van der Waals surface area contributed by atoms with E-state index in [2.05, 4.69) is 23.5 Å². The molecule has 1 aliphatic carbocycles. The van der Waals surface area contributed by atoms with Crippen molar-refractivity contribution in [2.75, 3.05) is 0 Å². The lowest BCUT2D eigenvalue weighted by Gasteiger charge is -2.19. The second kappa shape index (κ2) is 7.43. The Kier molecular flexibility index (Phi) is 5.09. The van der Waals surface area contributed by atoms with Gasteiger partial charge in [-0.25, -0.2) is 4.39 Å². The molecule has 2 nitrogen and oxygen atoms in total. The number of rotatable bonds is 4. The van der Waals surface area contributed by atoms with Gasteiger partial charge < -0.3 is 5.32 Å². The minimum Gasteiger partial charge on any atom is -0.346 e. The molecule has 3 rings (SSSR count). The maximum absolute atomic E-state index is 12.9. The first kappa shape index (κ1) is 16.4. The van der Waals surface area contributed by atoms with Crippen LogP contribution in [0.4, 0.5) is 4.39 Å². The Morgan fingerprint density at radius 1 is 1.08 bits per heavy atom. The van der Waals surface area contributed by atoms with Crippen molar-refractivity contribution in [1.29, 1.82) is 0 Å². The van der Waals surface area contributed by atoms with E-state index in [1.807, 2.05) is 6.92 Å². The van der Waals surface area contributed by atoms with E-state index in [9.17, 15) is 9.18 Å². The van der Waals surface area contributed by atoms with Crippen molar-refractivity contribution in [2.24, 2.45) is 0 Å². The van der Waals surface area contributed by atoms with E-state index >= 15 is 0 Å². The number of carbonyl (C=O) groups excluding carboxylic acids is 1. The van der Waals surface area contributed by atoms with E-state index < -0.39 is 0 Å². The van der Waals surface area contributed by atoms with Crippen molar-refractivity contribution < 1.29 is 9.18 Å². The summed E-state index contributed by atoms with van der Waals surface area (Å²) in [5.74, 6) is -0.429. The Labute approximate surface area is 142 Å². The summed E-state index contributed by atoms with van der Waals surface area (Å²) >= 11 is 0. The van der Waals surface area contributed by atoms with E-state index in [1.54, 1.807) is 18.2 Å². The maximum Gasteiger partial charge on any atom is 0.244 e. The van der Waals surface area contributed by atoms with Crippen LogP contribution in [0.1, 0.15) is 48.1 Å². The molecule has 1 amide bonds. The average Bonchev–Trinajstić information content (AvgIpc) is 2.61. The quantitative estimate of drug-likeness (QED) is 0.819. The molecule has 1 aliphatic rings. The molecule has 3 heteroatoms. The molecule has 2 aromatic carbocycles. The Bertz CT molecular complexity index is 749. The summed E-state index contributed by atoms with van der Waals surface area (Å²) in [5.41, 5.74) is 4.80. The molecular formula is C21H22FNO. The van der Waals surface area contributed by atoms with Crippen LogP contribution in [0.15, 0.2) is 48.5 Å². The van der Waals surface area contributed by atoms with Gasteiger partial charge in [-0.15, -0.1) is 0 Å². The van der Waals surface area contributed by atoms with Crippen molar-refractivity contribution in [1.82, 2.24) is 5.32 Å². The van der Waals surface area contributed by atoms with Crippen LogP contribution in [0.5, 0.6) is 0 Å². The number of aryl methyl sites for hydroxylation is 2. The zero-order valence-corrected chi connectivity index (χ0v) is 13.9. The van der Waals surface area contributed by atoms with Crippen molar-refractivity contribution in [3.05, 3.63) is 76.6 Å². The first-order valence-corrected chi connectivity index (χ1v) is 8.47. The molecule has 24 heavy (non-hydrogen) atoms. The van der Waals surface area contributed by atoms with Gasteiger partial charge in [0.15, 0.2) is 0 Å². The van der Waals surface area contributed by atoms with E-state index in [0.717, 1.165) is 24.0 Å². The van der Waals surface area contributed by atoms with Crippen molar-refractivity contribution in [3.63, 3.8) is 0 Å². The van der Waals surface area contributed by atoms with Crippen molar-refractivity contribution in [3.8, 4) is 0 Å². The van der Waals surface area contributed by atoms with E-state index in [0.29, 0.717) is 0 Å². The number of hydrogen-bond donors (Lipinski definition) is 1. The van der Waals surface area contributed by atoms with Crippen LogP contribution in [0.2, 0.25) is 0 Å². The Morgan fingerprint density at radius 2 is 1.79 bits per heavy atom. The Hall–Kier alpha value is -2.42. The summed E-state index contributed by atoms with van der Waals surface area (Å²) in [4.78, 5) is 12.1. The van der Waals surface area contributed by atoms with Gasteiger partial charge in [0.25, 0.3) is 0 Å². The number of carbonyl (C=O) groups is 1. The number of nitrogens with one attached hydrogen (secondary N) is 1. The topological polar surface area (TPSA) is 29.1 Å². The first-order chi connectivity index (χ1) is 11.6. The fourth-order valence-corrected chi connectivity index (χ4v) is 3.11. The lowest BCUT2D eigenvalue weighted by atomic mass is 9.89. The summed E-state index contributed by atoms with van der Waals surface area (Å²) < 4.78 is 12.9. The highest BCUT2D eigenvalue weighted by molar-refractivity contribution is 5.91. The number of hydrogen-bond acceptors (Lipinski definition) is 1. The van der Waals surface area contributed by atoms with Gasteiger partial charge in [0, 0.05) is 6.08 Å². The fourth-order valence-electron chi connectivity index (χ4n) is 3.11. The lowest BCUT2D eigenvalue weighted by Crippen LogP contribution is -2.24. The molecule has 0 spiro atoms. The van der Waals surface area contributed by atoms with Gasteiger partial charge in [-0.2, -0.15) is 0 Å². The highest BCUT2D eigenvalue weighted by atomic mass is 19.1. The van der Waals surface area contributed by atoms with Crippen LogP contribution in [0, 0.1) is 5.82 Å². The summed E-state index contributed by atoms with van der Waals surface area (Å²) in [7, 11) is 0. The van der Waals surface area contributed by atoms with Crippen LogP contribution in [-0.4, -0.2) is 5.91 Å². The van der Waals surface area contributed by atoms with E-state index in [4.69, 9.17) is 0 Å². The second-order valence-electron chi connectivity index (χ2n) is 6.35. The second-order valence-corrected chi connectivity index (χ2v) is 6.35. The highest BCUT2D eigenvalue weighted by Gasteiger charge is 2.13. The molecule has 1 atom stereocenters. The molecule has 0 aliphatic heterocycles. The molecule has 0 fully saturated rings. The Morgan fingerprint density at radius 3 is 2.54 bits per heavy atom.